The molecule has 0 bridgehead atoms. The quantitative estimate of drug-likeness (QED) is 0.634. The maximum Gasteiger partial charge on any atom is 0.339 e. The number of aryl methyl sites for hydroxylation is 1. The molecule has 0 unspecified atom stereocenters. The lowest BCUT2D eigenvalue weighted by molar-refractivity contribution is 0.0526. The Morgan fingerprint density at radius 2 is 1.97 bits per heavy atom. The number of amides is 2. The molecule has 0 atom stereocenters. The Morgan fingerprint density at radius 1 is 1.16 bits per heavy atom. The molecule has 0 saturated carbocycles. The summed E-state index contributed by atoms with van der Waals surface area (Å²) < 4.78 is 6.93. The summed E-state index contributed by atoms with van der Waals surface area (Å²) >= 11 is 0. The van der Waals surface area contributed by atoms with Crippen LogP contribution in [0.1, 0.15) is 28.5 Å². The number of esters is 1. The number of carbonyl (C=O) groups excluding carboxylic acids is 2. The number of ether oxygens (including phenoxy) is 1. The topological polar surface area (TPSA) is 92.1 Å². The molecule has 0 aromatic carbocycles. The highest BCUT2D eigenvalue weighted by Crippen LogP contribution is 2.15. The summed E-state index contributed by atoms with van der Waals surface area (Å²) in [7, 11) is 0. The second kappa shape index (κ2) is 9.03. The Balaban J connectivity index is 1.27. The number of imidazole rings is 1. The molecule has 9 nitrogen and oxygen atoms in total. The average Bonchev–Trinajstić information content (AvgIpc) is 3.20. The Bertz CT molecular complexity index is 1070. The van der Waals surface area contributed by atoms with Crippen LogP contribution in [0.3, 0.4) is 0 Å². The number of anilines is 1. The van der Waals surface area contributed by atoms with Crippen molar-refractivity contribution in [3.63, 3.8) is 0 Å². The second-order valence-electron chi connectivity index (χ2n) is 7.46. The molecule has 3 aromatic heterocycles. The molecule has 0 spiro atoms. The van der Waals surface area contributed by atoms with Crippen molar-refractivity contribution in [3.8, 4) is 0 Å². The van der Waals surface area contributed by atoms with E-state index in [9.17, 15) is 9.59 Å². The smallest absolute Gasteiger partial charge is 0.339 e. The average molecular weight is 422 g/mol. The number of nitrogens with one attached hydrogen (secondary N) is 1. The van der Waals surface area contributed by atoms with Gasteiger partial charge in [-0.2, -0.15) is 0 Å². The first kappa shape index (κ1) is 20.6. The molecule has 1 saturated heterocycles. The largest absolute Gasteiger partial charge is 0.462 e. The van der Waals surface area contributed by atoms with Crippen molar-refractivity contribution in [2.75, 3.05) is 37.7 Å². The molecule has 1 N–H and O–H groups in total. The molecule has 0 aliphatic carbocycles. The van der Waals surface area contributed by atoms with Gasteiger partial charge < -0.3 is 24.3 Å². The fourth-order valence-corrected chi connectivity index (χ4v) is 3.55. The van der Waals surface area contributed by atoms with Crippen molar-refractivity contribution >= 4 is 23.5 Å². The molecule has 1 aliphatic rings. The standard InChI is InChI=1S/C22H26N6O3/c1-3-31-21(29)17-4-5-19(23-13-17)26-8-10-27(11-9-26)22(30)24-14-18-15-28-7-6-16(2)12-20(28)25-18/h4-7,12-13,15H,3,8-11,14H2,1-2H3,(H,24,30). The van der Waals surface area contributed by atoms with Crippen molar-refractivity contribution in [2.45, 2.75) is 20.4 Å². The van der Waals surface area contributed by atoms with Gasteiger partial charge in [-0.05, 0) is 43.7 Å². The molecule has 162 valence electrons. The highest BCUT2D eigenvalue weighted by molar-refractivity contribution is 5.89. The lowest BCUT2D eigenvalue weighted by Gasteiger charge is -2.35. The number of hydrogen-bond donors (Lipinski definition) is 1. The van der Waals surface area contributed by atoms with E-state index in [1.54, 1.807) is 17.9 Å². The minimum absolute atomic E-state index is 0.0986. The number of rotatable bonds is 5. The Kier molecular flexibility index (Phi) is 6.01. The summed E-state index contributed by atoms with van der Waals surface area (Å²) in [5.41, 5.74) is 3.28. The van der Waals surface area contributed by atoms with Crippen molar-refractivity contribution in [1.82, 2.24) is 24.6 Å². The van der Waals surface area contributed by atoms with Gasteiger partial charge in [0.15, 0.2) is 0 Å². The lowest BCUT2D eigenvalue weighted by Crippen LogP contribution is -2.51. The summed E-state index contributed by atoms with van der Waals surface area (Å²) in [5.74, 6) is 0.414. The Labute approximate surface area is 180 Å². The van der Waals surface area contributed by atoms with Crippen LogP contribution in [0, 0.1) is 6.92 Å². The van der Waals surface area contributed by atoms with E-state index in [-0.39, 0.29) is 12.0 Å². The van der Waals surface area contributed by atoms with E-state index in [0.717, 1.165) is 22.7 Å². The summed E-state index contributed by atoms with van der Waals surface area (Å²) in [4.78, 5) is 37.1. The molecule has 1 aliphatic heterocycles. The summed E-state index contributed by atoms with van der Waals surface area (Å²) in [5, 5.41) is 2.96. The summed E-state index contributed by atoms with van der Waals surface area (Å²) in [6.07, 6.45) is 5.43. The highest BCUT2D eigenvalue weighted by Gasteiger charge is 2.22. The van der Waals surface area contributed by atoms with Gasteiger partial charge in [0.2, 0.25) is 0 Å². The molecule has 9 heteroatoms. The first-order chi connectivity index (χ1) is 15.0. The predicted molar refractivity (Wildman–Crippen MR) is 116 cm³/mol. The van der Waals surface area contributed by atoms with Gasteiger partial charge in [0.1, 0.15) is 11.5 Å². The molecular formula is C22H26N6O3. The Hall–Kier alpha value is -3.62. The van der Waals surface area contributed by atoms with Crippen molar-refractivity contribution in [3.05, 3.63) is 59.7 Å². The number of urea groups is 1. The maximum atomic E-state index is 12.6. The fourth-order valence-electron chi connectivity index (χ4n) is 3.55. The number of aromatic nitrogens is 3. The third-order valence-electron chi connectivity index (χ3n) is 5.24. The zero-order valence-electron chi connectivity index (χ0n) is 17.7. The predicted octanol–water partition coefficient (Wildman–Crippen LogP) is 2.25. The van der Waals surface area contributed by atoms with Crippen molar-refractivity contribution in [2.24, 2.45) is 0 Å². The third-order valence-corrected chi connectivity index (χ3v) is 5.24. The fraction of sp³-hybridized carbons (Fsp3) is 0.364. The minimum Gasteiger partial charge on any atom is -0.462 e. The molecule has 3 aromatic rings. The third kappa shape index (κ3) is 4.76. The van der Waals surface area contributed by atoms with Crippen LogP contribution in [0.5, 0.6) is 0 Å². The van der Waals surface area contributed by atoms with E-state index in [1.165, 1.54) is 6.20 Å². The van der Waals surface area contributed by atoms with Crippen LogP contribution in [-0.2, 0) is 11.3 Å². The van der Waals surface area contributed by atoms with Gasteiger partial charge in [0.05, 0.1) is 24.4 Å². The van der Waals surface area contributed by atoms with Gasteiger partial charge in [-0.3, -0.25) is 0 Å². The SMILES string of the molecule is CCOC(=O)c1ccc(N2CCN(C(=O)NCc3cn4ccc(C)cc4n3)CC2)nc1. The van der Waals surface area contributed by atoms with Gasteiger partial charge in [-0.25, -0.2) is 19.6 Å². The summed E-state index contributed by atoms with van der Waals surface area (Å²) in [6.45, 7) is 7.06. The van der Waals surface area contributed by atoms with Crippen LogP contribution in [-0.4, -0.2) is 64.1 Å². The first-order valence-corrected chi connectivity index (χ1v) is 10.4. The van der Waals surface area contributed by atoms with Crippen LogP contribution >= 0.6 is 0 Å². The molecule has 2 amide bonds. The minimum atomic E-state index is -0.371. The van der Waals surface area contributed by atoms with Crippen molar-refractivity contribution in [1.29, 1.82) is 0 Å². The van der Waals surface area contributed by atoms with E-state index in [2.05, 4.69) is 20.2 Å². The van der Waals surface area contributed by atoms with E-state index >= 15 is 0 Å². The van der Waals surface area contributed by atoms with E-state index < -0.39 is 0 Å². The van der Waals surface area contributed by atoms with E-state index in [4.69, 9.17) is 4.74 Å². The van der Waals surface area contributed by atoms with Crippen LogP contribution in [0.2, 0.25) is 0 Å². The molecule has 1 fully saturated rings. The highest BCUT2D eigenvalue weighted by atomic mass is 16.5. The molecule has 0 radical (unpaired) electrons. The van der Waals surface area contributed by atoms with Gasteiger partial charge in [0, 0.05) is 44.8 Å². The van der Waals surface area contributed by atoms with Gasteiger partial charge in [-0.1, -0.05) is 0 Å². The number of piperazine rings is 1. The van der Waals surface area contributed by atoms with Gasteiger partial charge in [0.25, 0.3) is 0 Å². The zero-order chi connectivity index (χ0) is 21.8. The molecule has 4 heterocycles. The maximum absolute atomic E-state index is 12.6. The number of carbonyl (C=O) groups is 2. The Morgan fingerprint density at radius 3 is 2.68 bits per heavy atom. The second-order valence-corrected chi connectivity index (χ2v) is 7.46. The van der Waals surface area contributed by atoms with Gasteiger partial charge in [-0.15, -0.1) is 0 Å². The number of nitrogens with zero attached hydrogens (tertiary/aromatic N) is 5. The molecule has 4 rings (SSSR count). The van der Waals surface area contributed by atoms with E-state index in [0.29, 0.717) is 44.9 Å². The lowest BCUT2D eigenvalue weighted by atomic mass is 10.2. The normalized spacial score (nSPS) is 14.0. The zero-order valence-corrected chi connectivity index (χ0v) is 17.7. The monoisotopic (exact) mass is 422 g/mol. The van der Waals surface area contributed by atoms with Crippen LogP contribution in [0.25, 0.3) is 5.65 Å². The number of fused-ring (bicyclic) bond motifs is 1. The van der Waals surface area contributed by atoms with Crippen molar-refractivity contribution < 1.29 is 14.3 Å². The van der Waals surface area contributed by atoms with Crippen LogP contribution < -0.4 is 10.2 Å². The molecular weight excluding hydrogens is 396 g/mol. The number of hydrogen-bond acceptors (Lipinski definition) is 6. The van der Waals surface area contributed by atoms with E-state index in [1.807, 2.05) is 41.9 Å². The van der Waals surface area contributed by atoms with Crippen LogP contribution in [0.4, 0.5) is 10.6 Å². The van der Waals surface area contributed by atoms with Crippen LogP contribution in [0.15, 0.2) is 42.9 Å². The number of pyridine rings is 2. The first-order valence-electron chi connectivity index (χ1n) is 10.4. The van der Waals surface area contributed by atoms with Gasteiger partial charge >= 0.3 is 12.0 Å². The summed E-state index contributed by atoms with van der Waals surface area (Å²) in [6, 6.07) is 7.47. The molecule has 31 heavy (non-hydrogen) atoms.